The fourth-order valence-corrected chi connectivity index (χ4v) is 2.63. The second kappa shape index (κ2) is 8.39. The van der Waals surface area contributed by atoms with E-state index in [9.17, 15) is 8.78 Å². The van der Waals surface area contributed by atoms with Gasteiger partial charge in [0.1, 0.15) is 5.75 Å². The summed E-state index contributed by atoms with van der Waals surface area (Å²) in [5.41, 5.74) is 0.854. The molecule has 3 nitrogen and oxygen atoms in total. The average Bonchev–Trinajstić information content (AvgIpc) is 2.42. The van der Waals surface area contributed by atoms with Crippen molar-refractivity contribution in [1.82, 2.24) is 10.2 Å². The molecule has 20 heavy (non-hydrogen) atoms. The van der Waals surface area contributed by atoms with Crippen molar-refractivity contribution in [2.75, 3.05) is 26.2 Å². The molecule has 0 radical (unpaired) electrons. The van der Waals surface area contributed by atoms with Gasteiger partial charge in [0.05, 0.1) is 0 Å². The zero-order valence-electron chi connectivity index (χ0n) is 11.5. The van der Waals surface area contributed by atoms with Gasteiger partial charge < -0.3 is 10.1 Å². The second-order valence-electron chi connectivity index (χ2n) is 4.63. The number of benzene rings is 1. The Morgan fingerprint density at radius 1 is 1.25 bits per heavy atom. The van der Waals surface area contributed by atoms with Crippen molar-refractivity contribution in [2.24, 2.45) is 0 Å². The number of nitrogens with zero attached hydrogens (tertiary/aromatic N) is 1. The summed E-state index contributed by atoms with van der Waals surface area (Å²) in [6.07, 6.45) is 0.879. The van der Waals surface area contributed by atoms with E-state index in [0.29, 0.717) is 5.75 Å². The third kappa shape index (κ3) is 4.30. The lowest BCUT2D eigenvalue weighted by molar-refractivity contribution is -0.0512. The van der Waals surface area contributed by atoms with Crippen LogP contribution in [0.15, 0.2) is 24.3 Å². The minimum atomic E-state index is -2.78. The van der Waals surface area contributed by atoms with E-state index in [1.165, 1.54) is 0 Å². The molecule has 1 saturated heterocycles. The maximum Gasteiger partial charge on any atom is 0.387 e. The molecule has 0 bridgehead atoms. The lowest BCUT2D eigenvalue weighted by atomic mass is 10.0. The van der Waals surface area contributed by atoms with Crippen LogP contribution in [0.25, 0.3) is 0 Å². The Kier molecular flexibility index (Phi) is 7.19. The highest BCUT2D eigenvalue weighted by molar-refractivity contribution is 5.85. The quantitative estimate of drug-likeness (QED) is 0.905. The fourth-order valence-electron chi connectivity index (χ4n) is 2.63. The third-order valence-corrected chi connectivity index (χ3v) is 3.47. The van der Waals surface area contributed by atoms with Gasteiger partial charge in [0.2, 0.25) is 0 Å². The minimum absolute atomic E-state index is 0. The topological polar surface area (TPSA) is 24.5 Å². The fraction of sp³-hybridized carbons (Fsp3) is 0.571. The first kappa shape index (κ1) is 17.1. The number of para-hydroxylation sites is 1. The first-order valence-electron chi connectivity index (χ1n) is 6.71. The van der Waals surface area contributed by atoms with Crippen molar-refractivity contribution >= 4 is 12.4 Å². The van der Waals surface area contributed by atoms with Crippen LogP contribution in [0.2, 0.25) is 0 Å². The molecule has 0 amide bonds. The third-order valence-electron chi connectivity index (χ3n) is 3.47. The molecule has 2 rings (SSSR count). The maximum atomic E-state index is 12.5. The van der Waals surface area contributed by atoms with E-state index in [1.54, 1.807) is 12.1 Å². The normalized spacial score (nSPS) is 17.6. The lowest BCUT2D eigenvalue weighted by Gasteiger charge is -2.35. The van der Waals surface area contributed by atoms with Gasteiger partial charge in [-0.15, -0.1) is 12.4 Å². The number of alkyl halides is 2. The van der Waals surface area contributed by atoms with Crippen LogP contribution in [0.5, 0.6) is 5.75 Å². The zero-order valence-corrected chi connectivity index (χ0v) is 12.3. The Morgan fingerprint density at radius 3 is 2.50 bits per heavy atom. The van der Waals surface area contributed by atoms with E-state index in [0.717, 1.165) is 38.2 Å². The van der Waals surface area contributed by atoms with Crippen LogP contribution < -0.4 is 10.1 Å². The Labute approximate surface area is 124 Å². The zero-order chi connectivity index (χ0) is 13.7. The van der Waals surface area contributed by atoms with Gasteiger partial charge in [-0.3, -0.25) is 4.90 Å². The van der Waals surface area contributed by atoms with Gasteiger partial charge in [-0.1, -0.05) is 25.1 Å². The first-order valence-corrected chi connectivity index (χ1v) is 6.71. The van der Waals surface area contributed by atoms with Gasteiger partial charge in [-0.05, 0) is 12.5 Å². The summed E-state index contributed by atoms with van der Waals surface area (Å²) in [5, 5.41) is 3.30. The molecule has 0 aromatic heterocycles. The summed E-state index contributed by atoms with van der Waals surface area (Å²) >= 11 is 0. The number of ether oxygens (including phenoxy) is 1. The molecule has 1 aromatic rings. The highest BCUT2D eigenvalue weighted by Crippen LogP contribution is 2.32. The van der Waals surface area contributed by atoms with Crippen LogP contribution in [-0.4, -0.2) is 37.7 Å². The van der Waals surface area contributed by atoms with Gasteiger partial charge in [0.25, 0.3) is 0 Å². The lowest BCUT2D eigenvalue weighted by Crippen LogP contribution is -2.45. The molecule has 1 N–H and O–H groups in total. The maximum absolute atomic E-state index is 12.5. The van der Waals surface area contributed by atoms with Crippen molar-refractivity contribution in [3.63, 3.8) is 0 Å². The van der Waals surface area contributed by atoms with Crippen LogP contribution in [0.3, 0.4) is 0 Å². The van der Waals surface area contributed by atoms with Crippen LogP contribution in [0.4, 0.5) is 8.78 Å². The number of hydrogen-bond acceptors (Lipinski definition) is 3. The molecule has 1 aromatic carbocycles. The molecule has 1 heterocycles. The Bertz CT molecular complexity index is 401. The number of nitrogens with one attached hydrogen (secondary N) is 1. The molecule has 114 valence electrons. The van der Waals surface area contributed by atoms with E-state index >= 15 is 0 Å². The van der Waals surface area contributed by atoms with Gasteiger partial charge in [0, 0.05) is 37.8 Å². The van der Waals surface area contributed by atoms with E-state index in [4.69, 9.17) is 0 Å². The van der Waals surface area contributed by atoms with Gasteiger partial charge in [-0.2, -0.15) is 8.78 Å². The molecule has 0 aliphatic carbocycles. The van der Waals surface area contributed by atoms with Gasteiger partial charge in [0.15, 0.2) is 0 Å². The van der Waals surface area contributed by atoms with Crippen molar-refractivity contribution in [3.8, 4) is 5.75 Å². The Hall–Kier alpha value is -0.910. The van der Waals surface area contributed by atoms with Crippen LogP contribution in [0, 0.1) is 0 Å². The number of rotatable bonds is 5. The van der Waals surface area contributed by atoms with E-state index < -0.39 is 6.61 Å². The smallest absolute Gasteiger partial charge is 0.387 e. The molecule has 1 fully saturated rings. The number of halogens is 3. The SMILES string of the molecule is CC[C@H](c1ccccc1OC(F)F)N1CCNCC1.Cl. The number of hydrogen-bond donors (Lipinski definition) is 1. The summed E-state index contributed by atoms with van der Waals surface area (Å²) in [5.74, 6) is 0.294. The van der Waals surface area contributed by atoms with E-state index in [-0.39, 0.29) is 18.4 Å². The molecule has 1 aliphatic rings. The molecular weight excluding hydrogens is 286 g/mol. The molecule has 0 spiro atoms. The van der Waals surface area contributed by atoms with Gasteiger partial charge in [-0.25, -0.2) is 0 Å². The Morgan fingerprint density at radius 2 is 1.90 bits per heavy atom. The number of piperazine rings is 1. The highest BCUT2D eigenvalue weighted by Gasteiger charge is 2.23. The highest BCUT2D eigenvalue weighted by atomic mass is 35.5. The molecule has 1 aliphatic heterocycles. The first-order chi connectivity index (χ1) is 9.22. The summed E-state index contributed by atoms with van der Waals surface area (Å²) < 4.78 is 29.6. The molecular formula is C14H21ClF2N2O. The van der Waals surface area contributed by atoms with E-state index in [1.807, 2.05) is 12.1 Å². The predicted molar refractivity (Wildman–Crippen MR) is 77.8 cm³/mol. The minimum Gasteiger partial charge on any atom is -0.434 e. The molecule has 0 saturated carbocycles. The summed E-state index contributed by atoms with van der Waals surface area (Å²) in [6.45, 7) is 3.04. The predicted octanol–water partition coefficient (Wildman–Crippen LogP) is 3.07. The van der Waals surface area contributed by atoms with Crippen LogP contribution in [0.1, 0.15) is 24.9 Å². The Balaban J connectivity index is 0.00000200. The summed E-state index contributed by atoms with van der Waals surface area (Å²) in [6, 6.07) is 7.24. The van der Waals surface area contributed by atoms with Crippen LogP contribution >= 0.6 is 12.4 Å². The summed E-state index contributed by atoms with van der Waals surface area (Å²) in [7, 11) is 0. The van der Waals surface area contributed by atoms with E-state index in [2.05, 4.69) is 21.9 Å². The second-order valence-corrected chi connectivity index (χ2v) is 4.63. The van der Waals surface area contributed by atoms with Crippen molar-refractivity contribution in [1.29, 1.82) is 0 Å². The largest absolute Gasteiger partial charge is 0.434 e. The van der Waals surface area contributed by atoms with Crippen molar-refractivity contribution in [2.45, 2.75) is 26.0 Å². The van der Waals surface area contributed by atoms with Gasteiger partial charge >= 0.3 is 6.61 Å². The molecule has 6 heteroatoms. The molecule has 0 unspecified atom stereocenters. The average molecular weight is 307 g/mol. The monoisotopic (exact) mass is 306 g/mol. The van der Waals surface area contributed by atoms with Crippen molar-refractivity contribution in [3.05, 3.63) is 29.8 Å². The van der Waals surface area contributed by atoms with Crippen molar-refractivity contribution < 1.29 is 13.5 Å². The summed E-state index contributed by atoms with van der Waals surface area (Å²) in [4.78, 5) is 2.32. The molecule has 1 atom stereocenters. The van der Waals surface area contributed by atoms with Crippen LogP contribution in [-0.2, 0) is 0 Å². The standard InChI is InChI=1S/C14H20F2N2O.ClH/c1-2-12(18-9-7-17-8-10-18)11-5-3-4-6-13(11)19-14(15)16;/h3-6,12,14,17H,2,7-10H2,1H3;1H/t12-;/m1./s1.